The summed E-state index contributed by atoms with van der Waals surface area (Å²) in [6.45, 7) is 2.04. The maximum atomic E-state index is 6.64. The number of hydrogen-bond acceptors (Lipinski definition) is 6. The monoisotopic (exact) mass is 524 g/mol. The average molecular weight is 525 g/mol. The molecule has 1 fully saturated rings. The molecule has 0 saturated carbocycles. The third-order valence-electron chi connectivity index (χ3n) is 8.00. The molecule has 0 radical (unpaired) electrons. The number of benzene rings is 5. The summed E-state index contributed by atoms with van der Waals surface area (Å²) < 4.78 is 0. The fraction of sp³-hybridized carbons (Fsp3) is 0.176. The van der Waals surface area contributed by atoms with Crippen molar-refractivity contribution in [2.45, 2.75) is 37.6 Å². The Hall–Kier alpha value is -4.20. The number of hydrogen-bond donors (Lipinski definition) is 4. The summed E-state index contributed by atoms with van der Waals surface area (Å²) in [6.07, 6.45) is 1.03. The maximum Gasteiger partial charge on any atom is 0.124 e. The summed E-state index contributed by atoms with van der Waals surface area (Å²) in [5.41, 5.74) is 12.1. The number of nitrogens with zero attached hydrogens (tertiary/aromatic N) is 2. The van der Waals surface area contributed by atoms with Gasteiger partial charge in [-0.1, -0.05) is 97.1 Å². The SMILES string of the molecule is CC(=NC(N)C1N=Cc2ccccc21)C1NC(c2ccc3ccccc3c2)NC(c2ccc3ccccc3c2)N1. The second-order valence-corrected chi connectivity index (χ2v) is 10.6. The molecule has 6 nitrogen and oxygen atoms in total. The highest BCUT2D eigenvalue weighted by molar-refractivity contribution is 5.89. The first kappa shape index (κ1) is 24.8. The number of nitrogens with two attached hydrogens (primary N) is 1. The van der Waals surface area contributed by atoms with Crippen molar-refractivity contribution in [2.75, 3.05) is 0 Å². The number of nitrogens with one attached hydrogen (secondary N) is 3. The molecule has 5 aromatic rings. The first-order valence-electron chi connectivity index (χ1n) is 13.8. The van der Waals surface area contributed by atoms with Crippen LogP contribution in [-0.4, -0.2) is 24.3 Å². The van der Waals surface area contributed by atoms with Crippen LogP contribution in [0, 0.1) is 0 Å². The van der Waals surface area contributed by atoms with E-state index >= 15 is 0 Å². The van der Waals surface area contributed by atoms with Gasteiger partial charge in [-0.2, -0.15) is 0 Å². The Kier molecular flexibility index (Phi) is 6.46. The van der Waals surface area contributed by atoms with E-state index in [1.165, 1.54) is 32.7 Å². The van der Waals surface area contributed by atoms with Gasteiger partial charge < -0.3 is 5.73 Å². The molecule has 0 aromatic heterocycles. The zero-order valence-electron chi connectivity index (χ0n) is 22.3. The van der Waals surface area contributed by atoms with Crippen molar-refractivity contribution in [2.24, 2.45) is 15.7 Å². The molecule has 2 aliphatic heterocycles. The Balaban J connectivity index is 1.22. The summed E-state index contributed by atoms with van der Waals surface area (Å²) in [5, 5.41) is 16.1. The minimum Gasteiger partial charge on any atom is -0.308 e. The van der Waals surface area contributed by atoms with E-state index in [-0.39, 0.29) is 24.5 Å². The largest absolute Gasteiger partial charge is 0.308 e. The van der Waals surface area contributed by atoms with Gasteiger partial charge in [-0.05, 0) is 62.9 Å². The van der Waals surface area contributed by atoms with E-state index in [1.54, 1.807) is 0 Å². The van der Waals surface area contributed by atoms with Crippen molar-refractivity contribution in [3.8, 4) is 0 Å². The highest BCUT2D eigenvalue weighted by Gasteiger charge is 2.31. The van der Waals surface area contributed by atoms with Crippen molar-refractivity contribution in [3.05, 3.63) is 131 Å². The van der Waals surface area contributed by atoms with E-state index in [9.17, 15) is 0 Å². The van der Waals surface area contributed by atoms with Crippen LogP contribution in [0.15, 0.2) is 119 Å². The molecule has 6 heteroatoms. The lowest BCUT2D eigenvalue weighted by Crippen LogP contribution is -2.61. The van der Waals surface area contributed by atoms with Gasteiger partial charge in [-0.15, -0.1) is 0 Å². The lowest BCUT2D eigenvalue weighted by Gasteiger charge is -2.39. The number of fused-ring (bicyclic) bond motifs is 3. The van der Waals surface area contributed by atoms with Crippen molar-refractivity contribution >= 4 is 33.5 Å². The Morgan fingerprint density at radius 3 is 1.88 bits per heavy atom. The molecule has 0 aliphatic carbocycles. The van der Waals surface area contributed by atoms with Crippen molar-refractivity contribution in [1.82, 2.24) is 16.0 Å². The van der Waals surface area contributed by atoms with Crippen LogP contribution in [0.5, 0.6) is 0 Å². The molecule has 1 saturated heterocycles. The Morgan fingerprint density at radius 1 is 0.700 bits per heavy atom. The van der Waals surface area contributed by atoms with E-state index in [0.29, 0.717) is 0 Å². The van der Waals surface area contributed by atoms with Gasteiger partial charge in [0.05, 0.1) is 18.5 Å². The van der Waals surface area contributed by atoms with Gasteiger partial charge in [0.15, 0.2) is 0 Å². The molecular weight excluding hydrogens is 492 g/mol. The quantitative estimate of drug-likeness (QED) is 0.222. The van der Waals surface area contributed by atoms with Gasteiger partial charge >= 0.3 is 0 Å². The molecule has 198 valence electrons. The van der Waals surface area contributed by atoms with Crippen LogP contribution in [0.1, 0.15) is 47.6 Å². The van der Waals surface area contributed by atoms with E-state index in [1.807, 2.05) is 25.3 Å². The fourth-order valence-electron chi connectivity index (χ4n) is 5.84. The van der Waals surface area contributed by atoms with Gasteiger partial charge in [0.25, 0.3) is 0 Å². The second-order valence-electron chi connectivity index (χ2n) is 10.6. The first-order valence-corrected chi connectivity index (χ1v) is 13.8. The molecule has 0 spiro atoms. The van der Waals surface area contributed by atoms with Crippen molar-refractivity contribution in [3.63, 3.8) is 0 Å². The van der Waals surface area contributed by atoms with Gasteiger partial charge in [0, 0.05) is 11.9 Å². The predicted molar refractivity (Wildman–Crippen MR) is 164 cm³/mol. The molecule has 40 heavy (non-hydrogen) atoms. The van der Waals surface area contributed by atoms with Crippen LogP contribution in [0.3, 0.4) is 0 Å². The molecule has 4 unspecified atom stereocenters. The fourth-order valence-corrected chi connectivity index (χ4v) is 5.84. The van der Waals surface area contributed by atoms with Gasteiger partial charge in [0.1, 0.15) is 12.2 Å². The normalized spacial score (nSPS) is 23.4. The summed E-state index contributed by atoms with van der Waals surface area (Å²) >= 11 is 0. The summed E-state index contributed by atoms with van der Waals surface area (Å²) in [7, 11) is 0. The molecule has 2 heterocycles. The minimum atomic E-state index is -0.475. The lowest BCUT2D eigenvalue weighted by molar-refractivity contribution is 0.238. The maximum absolute atomic E-state index is 6.64. The Labute approximate surface area is 234 Å². The second kappa shape index (κ2) is 10.4. The van der Waals surface area contributed by atoms with Crippen LogP contribution in [0.2, 0.25) is 0 Å². The highest BCUT2D eigenvalue weighted by Crippen LogP contribution is 2.30. The summed E-state index contributed by atoms with van der Waals surface area (Å²) in [6, 6.07) is 38.2. The molecule has 5 N–H and O–H groups in total. The molecule has 0 bridgehead atoms. The summed E-state index contributed by atoms with van der Waals surface area (Å²) in [5.74, 6) is 0. The van der Waals surface area contributed by atoms with Gasteiger partial charge in [0.2, 0.25) is 0 Å². The topological polar surface area (TPSA) is 86.8 Å². The molecular formula is C34H32N6. The molecule has 4 atom stereocenters. The molecule has 5 aromatic carbocycles. The summed E-state index contributed by atoms with van der Waals surface area (Å²) in [4.78, 5) is 9.64. The van der Waals surface area contributed by atoms with E-state index in [4.69, 9.17) is 10.7 Å². The Morgan fingerprint density at radius 2 is 1.25 bits per heavy atom. The van der Waals surface area contributed by atoms with Crippen molar-refractivity contribution < 1.29 is 0 Å². The smallest absolute Gasteiger partial charge is 0.124 e. The standard InChI is InChI=1S/C34H32N6/c1-21(37-31(35)30-29-13-7-6-12-28(29)20-36-30)32-38-33(26-16-14-22-8-2-4-10-24(22)18-26)40-34(39-32)27-17-15-23-9-3-5-11-25(23)19-27/h2-20,30-34,38-40H,35H2,1H3. The molecule has 7 rings (SSSR count). The highest BCUT2D eigenvalue weighted by atomic mass is 15.4. The van der Waals surface area contributed by atoms with E-state index < -0.39 is 6.17 Å². The first-order chi connectivity index (χ1) is 19.6. The van der Waals surface area contributed by atoms with E-state index in [0.717, 1.165) is 16.8 Å². The van der Waals surface area contributed by atoms with Crippen LogP contribution < -0.4 is 21.7 Å². The zero-order valence-corrected chi connectivity index (χ0v) is 22.3. The third kappa shape index (κ3) is 4.72. The average Bonchev–Trinajstić information content (AvgIpc) is 3.45. The third-order valence-corrected chi connectivity index (χ3v) is 8.00. The van der Waals surface area contributed by atoms with Crippen molar-refractivity contribution in [1.29, 1.82) is 0 Å². The zero-order chi connectivity index (χ0) is 27.1. The van der Waals surface area contributed by atoms with Crippen LogP contribution in [0.4, 0.5) is 0 Å². The lowest BCUT2D eigenvalue weighted by atomic mass is 10.0. The van der Waals surface area contributed by atoms with Crippen LogP contribution in [-0.2, 0) is 0 Å². The minimum absolute atomic E-state index is 0.0982. The molecule has 0 amide bonds. The molecule has 2 aliphatic rings. The predicted octanol–water partition coefficient (Wildman–Crippen LogP) is 5.72. The van der Waals surface area contributed by atoms with E-state index in [2.05, 4.69) is 118 Å². The van der Waals surface area contributed by atoms with Crippen LogP contribution >= 0.6 is 0 Å². The van der Waals surface area contributed by atoms with Gasteiger partial charge in [-0.25, -0.2) is 0 Å². The Bertz CT molecular complexity index is 1670. The number of rotatable bonds is 5. The number of aliphatic imine (C=N–C) groups is 2. The van der Waals surface area contributed by atoms with Gasteiger partial charge in [-0.3, -0.25) is 25.9 Å². The van der Waals surface area contributed by atoms with Crippen LogP contribution in [0.25, 0.3) is 21.5 Å².